The van der Waals surface area contributed by atoms with E-state index in [0.29, 0.717) is 30.4 Å². The number of hydrogen-bond acceptors (Lipinski definition) is 11. The van der Waals surface area contributed by atoms with Crippen LogP contribution in [0.1, 0.15) is 77.2 Å². The molecular weight excluding hydrogens is 761 g/mol. The summed E-state index contributed by atoms with van der Waals surface area (Å²) in [5.41, 5.74) is -0.188. The Morgan fingerprint density at radius 3 is 2.46 bits per heavy atom. The van der Waals surface area contributed by atoms with Crippen molar-refractivity contribution in [1.82, 2.24) is 25.1 Å². The highest BCUT2D eigenvalue weighted by molar-refractivity contribution is 7.90. The molecule has 3 aliphatic heterocycles. The number of ether oxygens (including phenoxy) is 2. The van der Waals surface area contributed by atoms with Crippen LogP contribution in [-0.2, 0) is 31.3 Å². The minimum Gasteiger partial charge on any atom is -0.493 e. The summed E-state index contributed by atoms with van der Waals surface area (Å²) >= 11 is 0. The van der Waals surface area contributed by atoms with Crippen molar-refractivity contribution in [3.8, 4) is 22.6 Å². The molecule has 3 aliphatic rings. The first-order valence-corrected chi connectivity index (χ1v) is 20.1. The maximum absolute atomic E-state index is 13.3. The smallest absolute Gasteiger partial charge is 0.270 e. The van der Waals surface area contributed by atoms with Gasteiger partial charge in [-0.2, -0.15) is 0 Å². The summed E-state index contributed by atoms with van der Waals surface area (Å²) < 4.78 is 38.9. The van der Waals surface area contributed by atoms with Crippen LogP contribution in [-0.4, -0.2) is 96.4 Å². The molecule has 0 saturated carbocycles. The third kappa shape index (κ3) is 6.93. The van der Waals surface area contributed by atoms with Crippen molar-refractivity contribution < 1.29 is 46.7 Å². The molecule has 18 heteroatoms. The Labute approximate surface area is 326 Å². The van der Waals surface area contributed by atoms with Gasteiger partial charge < -0.3 is 29.2 Å². The SMILES string of the molecule is CN1C(=O)C(C)(C)Oc2c(-c3cn(C)c(=O)c4cc(C(=O)NCCCCCOc5cccc6c5C(=O)N(C5CCC(=O)NC5=O)C6=O)[nH]c34)cc(S(C)(=O)=O)cc21. The average molecular weight is 801 g/mol. The Morgan fingerprint density at radius 1 is 0.982 bits per heavy atom. The lowest BCUT2D eigenvalue weighted by Gasteiger charge is -2.38. The Bertz CT molecular complexity index is 2610. The number of imide groups is 2. The van der Waals surface area contributed by atoms with Gasteiger partial charge in [-0.25, -0.2) is 8.42 Å². The number of amides is 6. The number of benzene rings is 2. The van der Waals surface area contributed by atoms with Crippen LogP contribution in [0.5, 0.6) is 11.5 Å². The van der Waals surface area contributed by atoms with Gasteiger partial charge in [-0.05, 0) is 69.9 Å². The standard InChI is InChI=1S/C39H40N6O11S/c1-39(2)38(52)44(4)27-17-20(57(5,53)54)16-22(32(27)56-39)24-19-43(3)35(49)23-18-25(41-31(23)24)33(47)40-14-7-6-8-15-55-28-11-9-10-21-30(28)37(51)45(36(21)50)26-12-13-29(46)42-34(26)48/h9-11,16-19,26,41H,6-8,12-15H2,1-5H3,(H,40,47)(H,42,46,48). The number of nitrogens with zero attached hydrogens (tertiary/aromatic N) is 3. The molecule has 1 saturated heterocycles. The van der Waals surface area contributed by atoms with E-state index in [1.165, 1.54) is 54.0 Å². The summed E-state index contributed by atoms with van der Waals surface area (Å²) in [6.07, 6.45) is 4.35. The number of H-pyrrole nitrogens is 1. The fourth-order valence-corrected chi connectivity index (χ4v) is 7.98. The van der Waals surface area contributed by atoms with E-state index in [1.807, 2.05) is 0 Å². The Balaban J connectivity index is 1.02. The lowest BCUT2D eigenvalue weighted by molar-refractivity contribution is -0.136. The van der Waals surface area contributed by atoms with E-state index in [1.54, 1.807) is 26.0 Å². The van der Waals surface area contributed by atoms with E-state index < -0.39 is 56.6 Å². The van der Waals surface area contributed by atoms with Crippen LogP contribution < -0.4 is 30.6 Å². The van der Waals surface area contributed by atoms with Crippen LogP contribution in [0.3, 0.4) is 0 Å². The number of piperidine rings is 1. The molecule has 1 unspecified atom stereocenters. The molecule has 3 N–H and O–H groups in total. The van der Waals surface area contributed by atoms with Crippen molar-refractivity contribution in [3.05, 3.63) is 69.8 Å². The van der Waals surface area contributed by atoms with Gasteiger partial charge in [0, 0.05) is 50.6 Å². The summed E-state index contributed by atoms with van der Waals surface area (Å²) in [5.74, 6) is -2.85. The largest absolute Gasteiger partial charge is 0.493 e. The van der Waals surface area contributed by atoms with E-state index in [4.69, 9.17) is 9.47 Å². The van der Waals surface area contributed by atoms with Gasteiger partial charge in [0.05, 0.1) is 39.2 Å². The number of rotatable bonds is 11. The molecule has 17 nitrogen and oxygen atoms in total. The zero-order chi connectivity index (χ0) is 41.1. The third-order valence-electron chi connectivity index (χ3n) is 10.3. The first kappa shape index (κ1) is 39.0. The Kier molecular flexibility index (Phi) is 9.79. The molecule has 2 aromatic heterocycles. The van der Waals surface area contributed by atoms with Crippen molar-refractivity contribution in [2.75, 3.05) is 31.4 Å². The number of carbonyl (C=O) groups excluding carboxylic acids is 6. The fourth-order valence-electron chi connectivity index (χ4n) is 7.33. The van der Waals surface area contributed by atoms with Gasteiger partial charge >= 0.3 is 0 Å². The minimum atomic E-state index is -3.76. The number of aryl methyl sites for hydroxylation is 1. The average Bonchev–Trinajstić information content (AvgIpc) is 3.71. The second kappa shape index (κ2) is 14.3. The summed E-state index contributed by atoms with van der Waals surface area (Å²) in [6.45, 7) is 3.68. The van der Waals surface area contributed by atoms with Crippen molar-refractivity contribution in [2.45, 2.75) is 62.5 Å². The highest BCUT2D eigenvalue weighted by atomic mass is 32.2. The fraction of sp³-hybridized carbons (Fsp3) is 0.359. The maximum Gasteiger partial charge on any atom is 0.270 e. The van der Waals surface area contributed by atoms with Gasteiger partial charge in [0.2, 0.25) is 11.8 Å². The number of likely N-dealkylation sites (N-methyl/N-ethyl adjacent to an activating group) is 1. The quantitative estimate of drug-likeness (QED) is 0.148. The Morgan fingerprint density at radius 2 is 1.74 bits per heavy atom. The molecular formula is C39H40N6O11S. The number of hydrogen-bond donors (Lipinski definition) is 3. The highest BCUT2D eigenvalue weighted by Crippen LogP contribution is 2.47. The molecule has 4 aromatic rings. The molecule has 2 aromatic carbocycles. The van der Waals surface area contributed by atoms with Crippen molar-refractivity contribution in [2.24, 2.45) is 7.05 Å². The maximum atomic E-state index is 13.3. The monoisotopic (exact) mass is 800 g/mol. The zero-order valence-electron chi connectivity index (χ0n) is 31.8. The number of aromatic amines is 1. The number of pyridine rings is 1. The van der Waals surface area contributed by atoms with Gasteiger partial charge in [0.1, 0.15) is 17.5 Å². The predicted molar refractivity (Wildman–Crippen MR) is 205 cm³/mol. The lowest BCUT2D eigenvalue weighted by atomic mass is 9.98. The summed E-state index contributed by atoms with van der Waals surface area (Å²) in [6, 6.07) is 7.79. The van der Waals surface area contributed by atoms with Gasteiger partial charge in [0.25, 0.3) is 29.2 Å². The zero-order valence-corrected chi connectivity index (χ0v) is 32.6. The van der Waals surface area contributed by atoms with Gasteiger partial charge in [-0.15, -0.1) is 0 Å². The number of unbranched alkanes of at least 4 members (excludes halogenated alkanes) is 2. The molecule has 6 amide bonds. The van der Waals surface area contributed by atoms with Crippen LogP contribution in [0, 0.1) is 0 Å². The molecule has 57 heavy (non-hydrogen) atoms. The second-order valence-corrected chi connectivity index (χ2v) is 16.8. The molecule has 0 bridgehead atoms. The number of nitrogens with one attached hydrogen (secondary N) is 3. The first-order valence-electron chi connectivity index (χ1n) is 18.2. The lowest BCUT2D eigenvalue weighted by Crippen LogP contribution is -2.54. The first-order chi connectivity index (χ1) is 26.9. The number of sulfone groups is 1. The Hall–Kier alpha value is -6.30. The van der Waals surface area contributed by atoms with E-state index in [2.05, 4.69) is 15.6 Å². The van der Waals surface area contributed by atoms with Crippen LogP contribution >= 0.6 is 0 Å². The molecule has 298 valence electrons. The van der Waals surface area contributed by atoms with Gasteiger partial charge in [0.15, 0.2) is 21.2 Å². The van der Waals surface area contributed by atoms with E-state index in [0.717, 1.165) is 11.2 Å². The molecule has 0 radical (unpaired) electrons. The normalized spacial score (nSPS) is 17.7. The molecule has 0 spiro atoms. The second-order valence-electron chi connectivity index (χ2n) is 14.8. The van der Waals surface area contributed by atoms with E-state index >= 15 is 0 Å². The van der Waals surface area contributed by atoms with E-state index in [9.17, 15) is 42.0 Å². The van der Waals surface area contributed by atoms with Crippen molar-refractivity contribution >= 4 is 61.9 Å². The number of anilines is 1. The predicted octanol–water partition coefficient (Wildman–Crippen LogP) is 2.45. The summed E-state index contributed by atoms with van der Waals surface area (Å²) in [4.78, 5) is 95.3. The number of fused-ring (bicyclic) bond motifs is 3. The summed E-state index contributed by atoms with van der Waals surface area (Å²) in [5, 5.41) is 5.20. The topological polar surface area (TPSA) is 223 Å². The number of aromatic nitrogens is 2. The highest BCUT2D eigenvalue weighted by Gasteiger charge is 2.46. The summed E-state index contributed by atoms with van der Waals surface area (Å²) in [7, 11) is -0.693. The van der Waals surface area contributed by atoms with Gasteiger partial charge in [-0.3, -0.25) is 43.8 Å². The van der Waals surface area contributed by atoms with Crippen LogP contribution in [0.4, 0.5) is 5.69 Å². The molecule has 1 fully saturated rings. The molecule has 5 heterocycles. The van der Waals surface area contributed by atoms with Gasteiger partial charge in [-0.1, -0.05) is 6.07 Å². The number of carbonyl (C=O) groups is 6. The van der Waals surface area contributed by atoms with Crippen molar-refractivity contribution in [3.63, 3.8) is 0 Å². The minimum absolute atomic E-state index is 0.0131. The van der Waals surface area contributed by atoms with Crippen LogP contribution in [0.2, 0.25) is 0 Å². The van der Waals surface area contributed by atoms with E-state index in [-0.39, 0.29) is 81.7 Å². The van der Waals surface area contributed by atoms with Crippen LogP contribution in [0.25, 0.3) is 22.0 Å². The molecule has 1 atom stereocenters. The van der Waals surface area contributed by atoms with Crippen LogP contribution in [0.15, 0.2) is 52.3 Å². The molecule has 0 aliphatic carbocycles. The third-order valence-corrected chi connectivity index (χ3v) is 11.4. The van der Waals surface area contributed by atoms with Crippen molar-refractivity contribution in [1.29, 1.82) is 0 Å². The molecule has 7 rings (SSSR count).